The maximum absolute atomic E-state index is 6.47. The molecular formula is C27H24ClN3O3S. The van der Waals surface area contributed by atoms with Crippen molar-refractivity contribution in [2.24, 2.45) is 0 Å². The van der Waals surface area contributed by atoms with E-state index >= 15 is 0 Å². The first-order valence-electron chi connectivity index (χ1n) is 11.1. The summed E-state index contributed by atoms with van der Waals surface area (Å²) in [4.78, 5) is 6.61. The average Bonchev–Trinajstić information content (AvgIpc) is 3.50. The van der Waals surface area contributed by atoms with Crippen LogP contribution in [0.2, 0.25) is 5.02 Å². The SMILES string of the molecule is COc1ccc(OC)c(N2C(=S)N[C@@H](c3ccccn3)[C@H]2c2ccc(-c3cccc(Cl)c3C)o2)c1. The number of aromatic nitrogens is 1. The Morgan fingerprint density at radius 1 is 1.03 bits per heavy atom. The smallest absolute Gasteiger partial charge is 0.174 e. The van der Waals surface area contributed by atoms with E-state index in [0.717, 1.165) is 34.0 Å². The second-order valence-corrected chi connectivity index (χ2v) is 8.94. The van der Waals surface area contributed by atoms with E-state index in [1.54, 1.807) is 20.4 Å². The zero-order valence-electron chi connectivity index (χ0n) is 19.5. The highest BCUT2D eigenvalue weighted by atomic mass is 35.5. The van der Waals surface area contributed by atoms with Crippen LogP contribution in [0.4, 0.5) is 5.69 Å². The van der Waals surface area contributed by atoms with Gasteiger partial charge in [-0.15, -0.1) is 0 Å². The van der Waals surface area contributed by atoms with Crippen LogP contribution in [0, 0.1) is 6.92 Å². The van der Waals surface area contributed by atoms with Crippen LogP contribution in [0.3, 0.4) is 0 Å². The van der Waals surface area contributed by atoms with Gasteiger partial charge in [0.25, 0.3) is 0 Å². The minimum atomic E-state index is -0.327. The number of hydrogen-bond donors (Lipinski definition) is 1. The molecule has 1 saturated heterocycles. The summed E-state index contributed by atoms with van der Waals surface area (Å²) in [6.07, 6.45) is 1.77. The molecule has 0 bridgehead atoms. The zero-order chi connectivity index (χ0) is 24.5. The molecule has 0 spiro atoms. The van der Waals surface area contributed by atoms with Gasteiger partial charge in [0.05, 0.1) is 31.6 Å². The number of methoxy groups -OCH3 is 2. The summed E-state index contributed by atoms with van der Waals surface area (Å²) in [7, 11) is 3.27. The van der Waals surface area contributed by atoms with E-state index in [1.165, 1.54) is 0 Å². The zero-order valence-corrected chi connectivity index (χ0v) is 21.1. The normalized spacial score (nSPS) is 17.4. The molecule has 35 heavy (non-hydrogen) atoms. The lowest BCUT2D eigenvalue weighted by Crippen LogP contribution is -2.29. The van der Waals surface area contributed by atoms with Crippen LogP contribution in [-0.2, 0) is 0 Å². The van der Waals surface area contributed by atoms with Gasteiger partial charge in [-0.3, -0.25) is 4.98 Å². The summed E-state index contributed by atoms with van der Waals surface area (Å²) in [6, 6.07) is 20.6. The third-order valence-corrected chi connectivity index (χ3v) is 6.92. The number of rotatable bonds is 6. The highest BCUT2D eigenvalue weighted by Gasteiger charge is 2.43. The molecule has 0 saturated carbocycles. The quantitative estimate of drug-likeness (QED) is 0.300. The van der Waals surface area contributed by atoms with Gasteiger partial charge in [-0.2, -0.15) is 0 Å². The molecule has 0 aliphatic carbocycles. The molecule has 1 N–H and O–H groups in total. The van der Waals surface area contributed by atoms with Crippen molar-refractivity contribution in [2.45, 2.75) is 19.0 Å². The van der Waals surface area contributed by atoms with Gasteiger partial charge in [0.1, 0.15) is 29.1 Å². The first-order chi connectivity index (χ1) is 17.0. The Kier molecular flexibility index (Phi) is 6.36. The van der Waals surface area contributed by atoms with Crippen LogP contribution in [0.25, 0.3) is 11.3 Å². The van der Waals surface area contributed by atoms with E-state index < -0.39 is 0 Å². The maximum atomic E-state index is 6.47. The topological polar surface area (TPSA) is 59.8 Å². The predicted molar refractivity (Wildman–Crippen MR) is 141 cm³/mol. The fourth-order valence-corrected chi connectivity index (χ4v) is 4.93. The molecule has 0 amide bonds. The lowest BCUT2D eigenvalue weighted by atomic mass is 10.0. The Morgan fingerprint density at radius 2 is 1.89 bits per heavy atom. The Balaban J connectivity index is 1.65. The number of hydrogen-bond acceptors (Lipinski definition) is 5. The standard InChI is InChI=1S/C27H24ClN3O3S/c1-16-18(7-6-8-19(16)28)22-12-13-24(34-22)26-25(20-9-4-5-14-29-20)30-27(35)31(26)21-15-17(32-2)10-11-23(21)33-3/h4-15,25-26H,1-3H3,(H,30,35)/t25-,26+/m0/s1. The molecule has 178 valence electrons. The number of anilines is 1. The van der Waals surface area contributed by atoms with Crippen molar-refractivity contribution in [3.8, 4) is 22.8 Å². The number of ether oxygens (including phenoxy) is 2. The molecule has 1 fully saturated rings. The van der Waals surface area contributed by atoms with Crippen LogP contribution in [0.15, 0.2) is 77.3 Å². The molecule has 6 nitrogen and oxygen atoms in total. The van der Waals surface area contributed by atoms with Crippen molar-refractivity contribution in [3.63, 3.8) is 0 Å². The summed E-state index contributed by atoms with van der Waals surface area (Å²) in [6.45, 7) is 1.98. The van der Waals surface area contributed by atoms with Crippen molar-refractivity contribution in [1.82, 2.24) is 10.3 Å². The summed E-state index contributed by atoms with van der Waals surface area (Å²) >= 11 is 12.2. The Hall–Kier alpha value is -3.55. The molecule has 4 aromatic rings. The largest absolute Gasteiger partial charge is 0.497 e. The van der Waals surface area contributed by atoms with Gasteiger partial charge in [-0.25, -0.2) is 0 Å². The van der Waals surface area contributed by atoms with Crippen molar-refractivity contribution in [1.29, 1.82) is 0 Å². The number of nitrogens with one attached hydrogen (secondary N) is 1. The first kappa shape index (κ1) is 23.2. The average molecular weight is 506 g/mol. The van der Waals surface area contributed by atoms with Gasteiger partial charge < -0.3 is 24.1 Å². The summed E-state index contributed by atoms with van der Waals surface area (Å²) in [5, 5.41) is 4.67. The molecule has 2 atom stereocenters. The third-order valence-electron chi connectivity index (χ3n) is 6.20. The molecule has 1 aliphatic heterocycles. The van der Waals surface area contributed by atoms with Crippen LogP contribution in [-0.4, -0.2) is 24.3 Å². The number of halogens is 1. The minimum absolute atomic E-state index is 0.251. The van der Waals surface area contributed by atoms with Gasteiger partial charge in [-0.05, 0) is 67.2 Å². The van der Waals surface area contributed by atoms with Gasteiger partial charge in [0.15, 0.2) is 5.11 Å². The highest BCUT2D eigenvalue weighted by molar-refractivity contribution is 7.80. The van der Waals surface area contributed by atoms with E-state index in [0.29, 0.717) is 21.6 Å². The molecule has 1 aliphatic rings. The lowest BCUT2D eigenvalue weighted by molar-refractivity contribution is 0.400. The molecule has 2 aromatic carbocycles. The minimum Gasteiger partial charge on any atom is -0.497 e. The van der Waals surface area contributed by atoms with E-state index in [-0.39, 0.29) is 12.1 Å². The highest BCUT2D eigenvalue weighted by Crippen LogP contribution is 2.46. The lowest BCUT2D eigenvalue weighted by Gasteiger charge is -2.27. The number of furan rings is 1. The number of benzene rings is 2. The van der Waals surface area contributed by atoms with Gasteiger partial charge >= 0.3 is 0 Å². The van der Waals surface area contributed by atoms with Crippen molar-refractivity contribution < 1.29 is 13.9 Å². The fourth-order valence-electron chi connectivity index (χ4n) is 4.42. The third kappa shape index (κ3) is 4.22. The van der Waals surface area contributed by atoms with Gasteiger partial charge in [0, 0.05) is 22.8 Å². The van der Waals surface area contributed by atoms with E-state index in [9.17, 15) is 0 Å². The maximum Gasteiger partial charge on any atom is 0.174 e. The molecular weight excluding hydrogens is 482 g/mol. The molecule has 8 heteroatoms. The Morgan fingerprint density at radius 3 is 2.63 bits per heavy atom. The van der Waals surface area contributed by atoms with E-state index in [4.69, 9.17) is 37.7 Å². The first-order valence-corrected chi connectivity index (χ1v) is 11.9. The summed E-state index contributed by atoms with van der Waals surface area (Å²) < 4.78 is 17.7. The second kappa shape index (κ2) is 9.60. The van der Waals surface area contributed by atoms with Crippen LogP contribution >= 0.6 is 23.8 Å². The molecule has 0 unspecified atom stereocenters. The van der Waals surface area contributed by atoms with Crippen LogP contribution < -0.4 is 19.7 Å². The fraction of sp³-hybridized carbons (Fsp3) is 0.185. The van der Waals surface area contributed by atoms with Crippen LogP contribution in [0.5, 0.6) is 11.5 Å². The molecule has 5 rings (SSSR count). The van der Waals surface area contributed by atoms with E-state index in [1.807, 2.05) is 78.6 Å². The molecule has 3 heterocycles. The monoisotopic (exact) mass is 505 g/mol. The Labute approximate surface area is 214 Å². The second-order valence-electron chi connectivity index (χ2n) is 8.15. The van der Waals surface area contributed by atoms with Crippen molar-refractivity contribution >= 4 is 34.6 Å². The summed E-state index contributed by atoms with van der Waals surface area (Å²) in [5.74, 6) is 2.82. The van der Waals surface area contributed by atoms with Gasteiger partial charge in [-0.1, -0.05) is 29.8 Å². The van der Waals surface area contributed by atoms with Crippen molar-refractivity contribution in [2.75, 3.05) is 19.1 Å². The van der Waals surface area contributed by atoms with E-state index in [2.05, 4.69) is 10.3 Å². The number of pyridine rings is 1. The van der Waals surface area contributed by atoms with Crippen LogP contribution in [0.1, 0.15) is 29.1 Å². The Bertz CT molecular complexity index is 1380. The number of thiocarbonyl (C=S) groups is 1. The predicted octanol–water partition coefficient (Wildman–Crippen LogP) is 6.50. The van der Waals surface area contributed by atoms with Crippen molar-refractivity contribution in [3.05, 3.63) is 95.0 Å². The molecule has 2 aromatic heterocycles. The molecule has 0 radical (unpaired) electrons. The number of nitrogens with zero attached hydrogens (tertiary/aromatic N) is 2. The van der Waals surface area contributed by atoms with Gasteiger partial charge in [0.2, 0.25) is 0 Å². The summed E-state index contributed by atoms with van der Waals surface area (Å²) in [5.41, 5.74) is 3.52.